The number of hydrogen-bond acceptors (Lipinski definition) is 5. The fourth-order valence-corrected chi connectivity index (χ4v) is 2.18. The smallest absolute Gasteiger partial charge is 0.282 e. The number of rotatable bonds is 4. The molecule has 2 rings (SSSR count). The number of halogens is 2. The molecule has 0 fully saturated rings. The summed E-state index contributed by atoms with van der Waals surface area (Å²) in [5.41, 5.74) is 1.88. The zero-order chi connectivity index (χ0) is 15.4. The molecule has 7 nitrogen and oxygen atoms in total. The summed E-state index contributed by atoms with van der Waals surface area (Å²) in [4.78, 5) is 22.1. The molecule has 1 aromatic heterocycles. The maximum atomic E-state index is 11.9. The Morgan fingerprint density at radius 1 is 1.48 bits per heavy atom. The van der Waals surface area contributed by atoms with Crippen molar-refractivity contribution in [2.75, 3.05) is 0 Å². The summed E-state index contributed by atoms with van der Waals surface area (Å²) in [6.07, 6.45) is 1.31. The van der Waals surface area contributed by atoms with Crippen LogP contribution in [0.1, 0.15) is 16.1 Å². The van der Waals surface area contributed by atoms with Gasteiger partial charge in [0.1, 0.15) is 11.3 Å². The number of nitrogens with zero attached hydrogens (tertiary/aromatic N) is 2. The summed E-state index contributed by atoms with van der Waals surface area (Å²) < 4.78 is 6.72. The fourth-order valence-electron chi connectivity index (χ4n) is 1.47. The van der Waals surface area contributed by atoms with Gasteiger partial charge in [0.05, 0.1) is 15.6 Å². The first-order valence-electron chi connectivity index (χ1n) is 5.50. The number of furan rings is 1. The molecule has 108 valence electrons. The van der Waals surface area contributed by atoms with Gasteiger partial charge in [0, 0.05) is 34.7 Å². The predicted octanol–water partition coefficient (Wildman–Crippen LogP) is 3.32. The second-order valence-electron chi connectivity index (χ2n) is 3.74. The third-order valence-corrected chi connectivity index (χ3v) is 4.50. The highest BCUT2D eigenvalue weighted by Gasteiger charge is 2.18. The van der Waals surface area contributed by atoms with Gasteiger partial charge in [-0.2, -0.15) is 5.10 Å². The summed E-state index contributed by atoms with van der Waals surface area (Å²) in [5.74, 6) is -0.229. The van der Waals surface area contributed by atoms with Gasteiger partial charge in [-0.15, -0.1) is 0 Å². The number of para-hydroxylation sites is 1. The van der Waals surface area contributed by atoms with Crippen molar-refractivity contribution in [3.05, 3.63) is 60.0 Å². The van der Waals surface area contributed by atoms with Crippen molar-refractivity contribution >= 4 is 56.3 Å². The number of hydrogen-bond donors (Lipinski definition) is 1. The van der Waals surface area contributed by atoms with Crippen LogP contribution in [0.4, 0.5) is 5.69 Å². The van der Waals surface area contributed by atoms with Crippen LogP contribution in [-0.4, -0.2) is 17.0 Å². The SMILES string of the molecule is O=C(N/N=C\c1cc(Br)c(I)o1)c1ccccc1[N+](=O)[O-]. The minimum Gasteiger partial charge on any atom is -0.448 e. The zero-order valence-corrected chi connectivity index (χ0v) is 14.0. The van der Waals surface area contributed by atoms with E-state index in [0.717, 1.165) is 4.47 Å². The number of hydrazone groups is 1. The molecular weight excluding hydrogens is 457 g/mol. The number of carbonyl (C=O) groups excluding carboxylic acids is 1. The Balaban J connectivity index is 2.10. The van der Waals surface area contributed by atoms with Crippen molar-refractivity contribution in [3.63, 3.8) is 0 Å². The monoisotopic (exact) mass is 463 g/mol. The molecule has 0 aliphatic rings. The summed E-state index contributed by atoms with van der Waals surface area (Å²) in [6.45, 7) is 0. The Labute approximate surface area is 140 Å². The molecule has 0 radical (unpaired) electrons. The first-order valence-corrected chi connectivity index (χ1v) is 7.38. The summed E-state index contributed by atoms with van der Waals surface area (Å²) >= 11 is 5.27. The van der Waals surface area contributed by atoms with E-state index < -0.39 is 10.8 Å². The van der Waals surface area contributed by atoms with Crippen LogP contribution >= 0.6 is 38.5 Å². The first kappa shape index (κ1) is 15.6. The van der Waals surface area contributed by atoms with E-state index in [1.165, 1.54) is 30.5 Å². The number of benzene rings is 1. The Morgan fingerprint density at radius 3 is 2.81 bits per heavy atom. The third-order valence-electron chi connectivity index (χ3n) is 2.37. The molecule has 9 heteroatoms. The highest BCUT2D eigenvalue weighted by molar-refractivity contribution is 14.1. The number of nitro benzene ring substituents is 1. The lowest BCUT2D eigenvalue weighted by atomic mass is 10.2. The van der Waals surface area contributed by atoms with Crippen LogP contribution in [0.25, 0.3) is 0 Å². The lowest BCUT2D eigenvalue weighted by Gasteiger charge is -2.00. The van der Waals surface area contributed by atoms with Crippen LogP contribution in [0.15, 0.2) is 44.3 Å². The Morgan fingerprint density at radius 2 is 2.19 bits per heavy atom. The van der Waals surface area contributed by atoms with E-state index in [1.54, 1.807) is 6.07 Å². The standard InChI is InChI=1S/C12H7BrIN3O4/c13-9-5-7(21-11(9)14)6-15-16-12(18)8-3-1-2-4-10(8)17(19)20/h1-6H,(H,16,18)/b15-6-. The van der Waals surface area contributed by atoms with E-state index in [0.29, 0.717) is 9.53 Å². The van der Waals surface area contributed by atoms with Gasteiger partial charge in [0.2, 0.25) is 0 Å². The number of amides is 1. The summed E-state index contributed by atoms with van der Waals surface area (Å²) in [5, 5.41) is 14.5. The van der Waals surface area contributed by atoms with Gasteiger partial charge in [0.15, 0.2) is 3.77 Å². The van der Waals surface area contributed by atoms with Gasteiger partial charge in [-0.05, 0) is 22.0 Å². The molecule has 1 heterocycles. The average Bonchev–Trinajstić information content (AvgIpc) is 2.77. The Hall–Kier alpha value is -1.75. The molecule has 1 amide bonds. The highest BCUT2D eigenvalue weighted by Crippen LogP contribution is 2.22. The predicted molar refractivity (Wildman–Crippen MR) is 87.3 cm³/mol. The van der Waals surface area contributed by atoms with E-state index in [-0.39, 0.29) is 11.3 Å². The van der Waals surface area contributed by atoms with E-state index in [1.807, 2.05) is 22.6 Å². The molecule has 0 spiro atoms. The average molecular weight is 464 g/mol. The van der Waals surface area contributed by atoms with Gasteiger partial charge in [-0.25, -0.2) is 5.43 Å². The minimum atomic E-state index is -0.668. The molecule has 21 heavy (non-hydrogen) atoms. The Bertz CT molecular complexity index is 710. The topological polar surface area (TPSA) is 97.7 Å². The van der Waals surface area contributed by atoms with Crippen molar-refractivity contribution in [1.29, 1.82) is 0 Å². The molecule has 1 N–H and O–H groups in total. The molecule has 0 saturated heterocycles. The summed E-state index contributed by atoms with van der Waals surface area (Å²) in [7, 11) is 0. The highest BCUT2D eigenvalue weighted by atomic mass is 127. The molecule has 2 aromatic rings. The van der Waals surface area contributed by atoms with E-state index in [2.05, 4.69) is 26.5 Å². The first-order chi connectivity index (χ1) is 9.99. The van der Waals surface area contributed by atoms with Crippen LogP contribution in [0.3, 0.4) is 0 Å². The van der Waals surface area contributed by atoms with E-state index in [9.17, 15) is 14.9 Å². The van der Waals surface area contributed by atoms with Crippen LogP contribution in [0.5, 0.6) is 0 Å². The van der Waals surface area contributed by atoms with Crippen molar-refractivity contribution in [3.8, 4) is 0 Å². The minimum absolute atomic E-state index is 0.0603. The lowest BCUT2D eigenvalue weighted by Crippen LogP contribution is -2.18. The molecule has 0 saturated carbocycles. The van der Waals surface area contributed by atoms with Gasteiger partial charge >= 0.3 is 0 Å². The number of nitrogens with one attached hydrogen (secondary N) is 1. The molecular formula is C12H7BrIN3O4. The van der Waals surface area contributed by atoms with E-state index in [4.69, 9.17) is 4.42 Å². The maximum Gasteiger partial charge on any atom is 0.282 e. The molecule has 0 unspecified atom stereocenters. The van der Waals surface area contributed by atoms with Crippen molar-refractivity contribution < 1.29 is 14.1 Å². The van der Waals surface area contributed by atoms with Crippen LogP contribution < -0.4 is 5.43 Å². The maximum absolute atomic E-state index is 11.9. The van der Waals surface area contributed by atoms with Crippen molar-refractivity contribution in [2.24, 2.45) is 5.10 Å². The van der Waals surface area contributed by atoms with Crippen LogP contribution in [0.2, 0.25) is 0 Å². The summed E-state index contributed by atoms with van der Waals surface area (Å²) in [6, 6.07) is 7.32. The molecule has 0 bridgehead atoms. The van der Waals surface area contributed by atoms with Gasteiger partial charge in [0.25, 0.3) is 11.6 Å². The zero-order valence-electron chi connectivity index (χ0n) is 10.2. The molecule has 0 atom stereocenters. The fraction of sp³-hybridized carbons (Fsp3) is 0. The largest absolute Gasteiger partial charge is 0.448 e. The van der Waals surface area contributed by atoms with E-state index >= 15 is 0 Å². The number of nitro groups is 1. The second-order valence-corrected chi connectivity index (χ2v) is 5.58. The van der Waals surface area contributed by atoms with Crippen molar-refractivity contribution in [2.45, 2.75) is 0 Å². The van der Waals surface area contributed by atoms with Crippen LogP contribution in [-0.2, 0) is 0 Å². The Kier molecular flexibility index (Phi) is 5.07. The molecule has 0 aliphatic carbocycles. The van der Waals surface area contributed by atoms with Crippen LogP contribution in [0, 0.1) is 13.9 Å². The van der Waals surface area contributed by atoms with Crippen molar-refractivity contribution in [1.82, 2.24) is 5.43 Å². The molecule has 0 aliphatic heterocycles. The number of carbonyl (C=O) groups is 1. The normalized spacial score (nSPS) is 10.8. The van der Waals surface area contributed by atoms with Gasteiger partial charge in [-0.3, -0.25) is 14.9 Å². The van der Waals surface area contributed by atoms with Gasteiger partial charge in [-0.1, -0.05) is 12.1 Å². The van der Waals surface area contributed by atoms with Gasteiger partial charge < -0.3 is 4.42 Å². The second kappa shape index (κ2) is 6.80. The quantitative estimate of drug-likeness (QED) is 0.325. The third kappa shape index (κ3) is 3.88. The molecule has 1 aromatic carbocycles. The lowest BCUT2D eigenvalue weighted by molar-refractivity contribution is -0.385.